The zero-order valence-electron chi connectivity index (χ0n) is 14.7. The highest BCUT2D eigenvalue weighted by molar-refractivity contribution is 7.13. The van der Waals surface area contributed by atoms with Crippen molar-refractivity contribution in [1.29, 1.82) is 0 Å². The molecule has 1 fully saturated rings. The first-order valence-corrected chi connectivity index (χ1v) is 9.94. The number of fused-ring (bicyclic) bond motifs is 1. The van der Waals surface area contributed by atoms with Gasteiger partial charge in [-0.25, -0.2) is 9.97 Å². The van der Waals surface area contributed by atoms with E-state index in [9.17, 15) is 4.79 Å². The Morgan fingerprint density at radius 1 is 1.31 bits per heavy atom. The third-order valence-electron chi connectivity index (χ3n) is 5.34. The lowest BCUT2D eigenvalue weighted by molar-refractivity contribution is -0.121. The summed E-state index contributed by atoms with van der Waals surface area (Å²) in [5.74, 6) is 0.695. The van der Waals surface area contributed by atoms with E-state index >= 15 is 0 Å². The number of H-pyrrole nitrogens is 1. The number of carbonyl (C=O) groups excluding carboxylic acids is 1. The number of carbonyl (C=O) groups is 1. The number of nitrogens with one attached hydrogen (secondary N) is 2. The molecule has 0 bridgehead atoms. The standard InChI is InChI=1S/C19H23N5OS/c1-11(20)12-2-4-13(5-3-12)18(25)24-15-6-7-21-17-14(15)10-16(23-17)19-22-8-9-26-19/h6-13H,2-5,20H2,1H3,(H2,21,23,24,25)/t11-,12-,13-/m0/s1. The van der Waals surface area contributed by atoms with Crippen LogP contribution < -0.4 is 11.1 Å². The molecule has 0 radical (unpaired) electrons. The number of anilines is 1. The molecule has 1 amide bonds. The van der Waals surface area contributed by atoms with E-state index in [0.717, 1.165) is 53.1 Å². The van der Waals surface area contributed by atoms with Gasteiger partial charge >= 0.3 is 0 Å². The van der Waals surface area contributed by atoms with E-state index in [2.05, 4.69) is 27.2 Å². The van der Waals surface area contributed by atoms with E-state index in [1.807, 2.05) is 17.5 Å². The molecule has 136 valence electrons. The van der Waals surface area contributed by atoms with Gasteiger partial charge in [0.15, 0.2) is 0 Å². The monoisotopic (exact) mass is 369 g/mol. The van der Waals surface area contributed by atoms with Crippen molar-refractivity contribution in [1.82, 2.24) is 15.0 Å². The maximum atomic E-state index is 12.7. The maximum absolute atomic E-state index is 12.7. The molecule has 3 aromatic heterocycles. The third-order valence-corrected chi connectivity index (χ3v) is 6.15. The molecule has 0 spiro atoms. The number of nitrogens with zero attached hydrogens (tertiary/aromatic N) is 2. The van der Waals surface area contributed by atoms with Crippen LogP contribution in [0.15, 0.2) is 29.9 Å². The zero-order valence-corrected chi connectivity index (χ0v) is 15.6. The van der Waals surface area contributed by atoms with Gasteiger partial charge in [-0.15, -0.1) is 11.3 Å². The van der Waals surface area contributed by atoms with Gasteiger partial charge in [0, 0.05) is 35.1 Å². The molecule has 1 atom stereocenters. The summed E-state index contributed by atoms with van der Waals surface area (Å²) in [4.78, 5) is 24.7. The molecule has 0 saturated heterocycles. The summed E-state index contributed by atoms with van der Waals surface area (Å²) >= 11 is 1.57. The van der Waals surface area contributed by atoms with Crippen LogP contribution in [0.4, 0.5) is 5.69 Å². The molecule has 0 aliphatic heterocycles. The van der Waals surface area contributed by atoms with Crippen molar-refractivity contribution in [3.8, 4) is 10.7 Å². The Bertz CT molecular complexity index is 894. The molecule has 26 heavy (non-hydrogen) atoms. The zero-order chi connectivity index (χ0) is 18.1. The number of rotatable bonds is 4. The number of nitrogens with two attached hydrogens (primary N) is 1. The summed E-state index contributed by atoms with van der Waals surface area (Å²) in [5.41, 5.74) is 8.48. The number of thiazole rings is 1. The average molecular weight is 369 g/mol. The molecule has 1 saturated carbocycles. The number of amides is 1. The summed E-state index contributed by atoms with van der Waals surface area (Å²) in [5, 5.41) is 6.87. The first-order valence-electron chi connectivity index (χ1n) is 9.06. The highest BCUT2D eigenvalue weighted by Crippen LogP contribution is 2.33. The van der Waals surface area contributed by atoms with Crippen molar-refractivity contribution < 1.29 is 4.79 Å². The normalized spacial score (nSPS) is 21.6. The highest BCUT2D eigenvalue weighted by Gasteiger charge is 2.28. The van der Waals surface area contributed by atoms with Gasteiger partial charge in [0.2, 0.25) is 5.91 Å². The van der Waals surface area contributed by atoms with E-state index in [-0.39, 0.29) is 17.9 Å². The van der Waals surface area contributed by atoms with Crippen LogP contribution in [0.25, 0.3) is 21.7 Å². The van der Waals surface area contributed by atoms with E-state index < -0.39 is 0 Å². The van der Waals surface area contributed by atoms with Crippen LogP contribution in [0.5, 0.6) is 0 Å². The van der Waals surface area contributed by atoms with E-state index in [1.165, 1.54) is 0 Å². The highest BCUT2D eigenvalue weighted by atomic mass is 32.1. The molecule has 0 aromatic carbocycles. The summed E-state index contributed by atoms with van der Waals surface area (Å²) in [6.45, 7) is 2.06. The van der Waals surface area contributed by atoms with Crippen molar-refractivity contribution in [2.75, 3.05) is 5.32 Å². The minimum absolute atomic E-state index is 0.0607. The molecule has 3 aromatic rings. The average Bonchev–Trinajstić information content (AvgIpc) is 3.31. The summed E-state index contributed by atoms with van der Waals surface area (Å²) in [6, 6.07) is 4.07. The molecule has 0 unspecified atom stereocenters. The van der Waals surface area contributed by atoms with Crippen LogP contribution in [0.1, 0.15) is 32.6 Å². The molecule has 1 aliphatic rings. The SMILES string of the molecule is C[C@H](N)[C@H]1CC[C@H](C(=O)Nc2ccnc3[nH]c(-c4nccs4)cc23)CC1. The summed E-state index contributed by atoms with van der Waals surface area (Å²) < 4.78 is 0. The second-order valence-electron chi connectivity index (χ2n) is 7.10. The van der Waals surface area contributed by atoms with Crippen LogP contribution in [-0.2, 0) is 4.79 Å². The Labute approximate surface area is 156 Å². The smallest absolute Gasteiger partial charge is 0.227 e. The summed E-state index contributed by atoms with van der Waals surface area (Å²) in [7, 11) is 0. The molecule has 7 heteroatoms. The molecule has 4 rings (SSSR count). The van der Waals surface area contributed by atoms with Crippen LogP contribution >= 0.6 is 11.3 Å². The van der Waals surface area contributed by atoms with Gasteiger partial charge in [0.25, 0.3) is 0 Å². The fourth-order valence-electron chi connectivity index (χ4n) is 3.75. The first-order chi connectivity index (χ1) is 12.6. The van der Waals surface area contributed by atoms with E-state index in [1.54, 1.807) is 23.7 Å². The Morgan fingerprint density at radius 3 is 2.81 bits per heavy atom. The van der Waals surface area contributed by atoms with Gasteiger partial charge < -0.3 is 16.0 Å². The lowest BCUT2D eigenvalue weighted by Crippen LogP contribution is -2.33. The van der Waals surface area contributed by atoms with Crippen LogP contribution in [0.2, 0.25) is 0 Å². The van der Waals surface area contributed by atoms with Crippen molar-refractivity contribution in [2.45, 2.75) is 38.6 Å². The number of pyridine rings is 1. The van der Waals surface area contributed by atoms with Gasteiger partial charge in [-0.05, 0) is 50.7 Å². The lowest BCUT2D eigenvalue weighted by Gasteiger charge is -2.30. The quantitative estimate of drug-likeness (QED) is 0.652. The van der Waals surface area contributed by atoms with Gasteiger partial charge in [-0.3, -0.25) is 4.79 Å². The second-order valence-corrected chi connectivity index (χ2v) is 8.00. The predicted octanol–water partition coefficient (Wildman–Crippen LogP) is 3.78. The van der Waals surface area contributed by atoms with Gasteiger partial charge in [0.05, 0.1) is 11.4 Å². The topological polar surface area (TPSA) is 96.7 Å². The third kappa shape index (κ3) is 3.37. The van der Waals surface area contributed by atoms with Crippen LogP contribution in [-0.4, -0.2) is 26.9 Å². The Kier molecular flexibility index (Phi) is 4.74. The second kappa shape index (κ2) is 7.17. The van der Waals surface area contributed by atoms with Gasteiger partial charge in [-0.1, -0.05) is 0 Å². The number of hydrogen-bond donors (Lipinski definition) is 3. The maximum Gasteiger partial charge on any atom is 0.227 e. The summed E-state index contributed by atoms with van der Waals surface area (Å²) in [6.07, 6.45) is 7.36. The molecule has 6 nitrogen and oxygen atoms in total. The van der Waals surface area contributed by atoms with E-state index in [0.29, 0.717) is 5.92 Å². The minimum atomic E-state index is 0.0607. The van der Waals surface area contributed by atoms with Gasteiger partial charge in [-0.2, -0.15) is 0 Å². The van der Waals surface area contributed by atoms with Crippen molar-refractivity contribution in [2.24, 2.45) is 17.6 Å². The molecule has 1 aliphatic carbocycles. The fraction of sp³-hybridized carbons (Fsp3) is 0.421. The molecular formula is C19H23N5OS. The Morgan fingerprint density at radius 2 is 2.12 bits per heavy atom. The lowest BCUT2D eigenvalue weighted by atomic mass is 9.79. The molecule has 3 heterocycles. The minimum Gasteiger partial charge on any atom is -0.337 e. The van der Waals surface area contributed by atoms with Crippen LogP contribution in [0, 0.1) is 11.8 Å². The Hall–Kier alpha value is -2.25. The molecule has 4 N–H and O–H groups in total. The van der Waals surface area contributed by atoms with E-state index in [4.69, 9.17) is 5.73 Å². The fourth-order valence-corrected chi connectivity index (χ4v) is 4.36. The largest absolute Gasteiger partial charge is 0.337 e. The van der Waals surface area contributed by atoms with Crippen molar-refractivity contribution in [3.05, 3.63) is 29.9 Å². The number of aromatic nitrogens is 3. The van der Waals surface area contributed by atoms with Crippen LogP contribution in [0.3, 0.4) is 0 Å². The Balaban J connectivity index is 1.51. The first kappa shape index (κ1) is 17.2. The van der Waals surface area contributed by atoms with Crippen molar-refractivity contribution in [3.63, 3.8) is 0 Å². The molecular weight excluding hydrogens is 346 g/mol. The van der Waals surface area contributed by atoms with Crippen molar-refractivity contribution >= 4 is 34.0 Å². The van der Waals surface area contributed by atoms with Gasteiger partial charge in [0.1, 0.15) is 10.7 Å². The number of aromatic amines is 1. The predicted molar refractivity (Wildman–Crippen MR) is 105 cm³/mol. The number of hydrogen-bond acceptors (Lipinski definition) is 5.